The highest BCUT2D eigenvalue weighted by Gasteiger charge is 2.40. The van der Waals surface area contributed by atoms with Gasteiger partial charge in [-0.15, -0.1) is 0 Å². The lowest BCUT2D eigenvalue weighted by Gasteiger charge is -2.42. The SMILES string of the molecule is COc1cc2c(cc1OC)[C@@H]1Cc3cc(O)c(OC)c(OC)c3C(=O)N1CC2. The largest absolute Gasteiger partial charge is 0.504 e. The third-order valence-electron chi connectivity index (χ3n) is 5.60. The molecular formula is C21H23NO6. The molecule has 1 N–H and O–H groups in total. The molecule has 0 aromatic heterocycles. The zero-order valence-electron chi connectivity index (χ0n) is 16.4. The van der Waals surface area contributed by atoms with Crippen LogP contribution in [-0.2, 0) is 12.8 Å². The summed E-state index contributed by atoms with van der Waals surface area (Å²) in [6, 6.07) is 5.39. The van der Waals surface area contributed by atoms with Crippen molar-refractivity contribution in [3.8, 4) is 28.7 Å². The molecule has 0 spiro atoms. The molecule has 0 saturated carbocycles. The predicted octanol–water partition coefficient (Wildman–Crippen LogP) is 2.72. The number of hydrogen-bond acceptors (Lipinski definition) is 6. The number of hydrogen-bond donors (Lipinski definition) is 1. The van der Waals surface area contributed by atoms with E-state index < -0.39 is 0 Å². The fourth-order valence-corrected chi connectivity index (χ4v) is 4.31. The first kappa shape index (κ1) is 18.3. The van der Waals surface area contributed by atoms with E-state index in [1.807, 2.05) is 17.0 Å². The lowest BCUT2D eigenvalue weighted by Crippen LogP contribution is -2.44. The van der Waals surface area contributed by atoms with Crippen molar-refractivity contribution >= 4 is 5.91 Å². The van der Waals surface area contributed by atoms with Crippen molar-refractivity contribution in [2.24, 2.45) is 0 Å². The van der Waals surface area contributed by atoms with Crippen LogP contribution < -0.4 is 18.9 Å². The van der Waals surface area contributed by atoms with Gasteiger partial charge in [-0.1, -0.05) is 0 Å². The van der Waals surface area contributed by atoms with Gasteiger partial charge in [-0.25, -0.2) is 0 Å². The Hall–Kier alpha value is -3.09. The zero-order valence-corrected chi connectivity index (χ0v) is 16.4. The number of carbonyl (C=O) groups excluding carboxylic acids is 1. The molecular weight excluding hydrogens is 362 g/mol. The molecule has 7 heteroatoms. The third kappa shape index (κ3) is 2.53. The Balaban J connectivity index is 1.86. The maximum Gasteiger partial charge on any atom is 0.258 e. The summed E-state index contributed by atoms with van der Waals surface area (Å²) in [6.45, 7) is 0.595. The van der Waals surface area contributed by atoms with Gasteiger partial charge in [0.25, 0.3) is 5.91 Å². The minimum Gasteiger partial charge on any atom is -0.504 e. The van der Waals surface area contributed by atoms with Crippen molar-refractivity contribution in [3.05, 3.63) is 40.5 Å². The average Bonchev–Trinajstić information content (AvgIpc) is 2.71. The van der Waals surface area contributed by atoms with E-state index in [2.05, 4.69) is 0 Å². The molecule has 2 heterocycles. The van der Waals surface area contributed by atoms with Crippen molar-refractivity contribution in [1.29, 1.82) is 0 Å². The van der Waals surface area contributed by atoms with Crippen LogP contribution in [0.3, 0.4) is 0 Å². The van der Waals surface area contributed by atoms with Crippen molar-refractivity contribution in [2.45, 2.75) is 18.9 Å². The molecule has 7 nitrogen and oxygen atoms in total. The number of carbonyl (C=O) groups is 1. The molecule has 1 amide bonds. The summed E-state index contributed by atoms with van der Waals surface area (Å²) in [7, 11) is 6.13. The summed E-state index contributed by atoms with van der Waals surface area (Å²) in [5, 5.41) is 10.3. The summed E-state index contributed by atoms with van der Waals surface area (Å²) in [6.07, 6.45) is 1.29. The maximum atomic E-state index is 13.4. The Morgan fingerprint density at radius 2 is 1.61 bits per heavy atom. The second-order valence-corrected chi connectivity index (χ2v) is 6.87. The van der Waals surface area contributed by atoms with E-state index in [4.69, 9.17) is 18.9 Å². The van der Waals surface area contributed by atoms with Crippen LogP contribution in [0.1, 0.15) is 33.1 Å². The molecule has 0 aliphatic carbocycles. The van der Waals surface area contributed by atoms with E-state index in [-0.39, 0.29) is 29.2 Å². The molecule has 0 radical (unpaired) electrons. The van der Waals surface area contributed by atoms with Gasteiger partial charge in [0.15, 0.2) is 23.0 Å². The Morgan fingerprint density at radius 1 is 0.929 bits per heavy atom. The molecule has 4 rings (SSSR count). The summed E-state index contributed by atoms with van der Waals surface area (Å²) in [4.78, 5) is 15.2. The van der Waals surface area contributed by atoms with Crippen molar-refractivity contribution in [2.75, 3.05) is 35.0 Å². The van der Waals surface area contributed by atoms with E-state index in [0.29, 0.717) is 30.0 Å². The first-order valence-corrected chi connectivity index (χ1v) is 9.06. The van der Waals surface area contributed by atoms with E-state index in [9.17, 15) is 9.90 Å². The van der Waals surface area contributed by atoms with E-state index in [0.717, 1.165) is 23.1 Å². The second-order valence-electron chi connectivity index (χ2n) is 6.87. The Labute approximate surface area is 163 Å². The second kappa shape index (κ2) is 6.82. The molecule has 0 saturated heterocycles. The highest BCUT2D eigenvalue weighted by Crippen LogP contribution is 2.48. The van der Waals surface area contributed by atoms with Crippen LogP contribution in [0.2, 0.25) is 0 Å². The molecule has 0 fully saturated rings. The van der Waals surface area contributed by atoms with Crippen molar-refractivity contribution in [1.82, 2.24) is 4.90 Å². The smallest absolute Gasteiger partial charge is 0.258 e. The molecule has 2 aromatic carbocycles. The topological polar surface area (TPSA) is 77.5 Å². The van der Waals surface area contributed by atoms with E-state index in [1.54, 1.807) is 20.3 Å². The first-order valence-electron chi connectivity index (χ1n) is 9.06. The Bertz CT molecular complexity index is 955. The molecule has 2 aromatic rings. The van der Waals surface area contributed by atoms with E-state index in [1.165, 1.54) is 14.2 Å². The molecule has 2 aliphatic rings. The highest BCUT2D eigenvalue weighted by atomic mass is 16.5. The number of nitrogens with zero attached hydrogens (tertiary/aromatic N) is 1. The number of benzene rings is 2. The van der Waals surface area contributed by atoms with Gasteiger partial charge in [0.1, 0.15) is 0 Å². The molecule has 0 bridgehead atoms. The van der Waals surface area contributed by atoms with Crippen molar-refractivity contribution < 1.29 is 28.8 Å². The van der Waals surface area contributed by atoms with Crippen LogP contribution in [0.15, 0.2) is 18.2 Å². The summed E-state index contributed by atoms with van der Waals surface area (Å²) >= 11 is 0. The summed E-state index contributed by atoms with van der Waals surface area (Å²) in [5.41, 5.74) is 3.37. The van der Waals surface area contributed by atoms with Crippen molar-refractivity contribution in [3.63, 3.8) is 0 Å². The fourth-order valence-electron chi connectivity index (χ4n) is 4.31. The van der Waals surface area contributed by atoms with Crippen LogP contribution in [0.5, 0.6) is 28.7 Å². The van der Waals surface area contributed by atoms with Crippen LogP contribution in [0.25, 0.3) is 0 Å². The minimum absolute atomic E-state index is 0.0392. The quantitative estimate of drug-likeness (QED) is 0.872. The Morgan fingerprint density at radius 3 is 2.25 bits per heavy atom. The van der Waals surface area contributed by atoms with Crippen LogP contribution in [0.4, 0.5) is 0 Å². The van der Waals surface area contributed by atoms with Gasteiger partial charge in [-0.05, 0) is 47.7 Å². The standard InChI is InChI=1S/C21H23NO6/c1-25-16-9-11-5-6-22-14(13(11)10-17(16)26-2)7-12-8-15(23)19(27-3)20(28-4)18(12)21(22)24/h8-10,14,23H,5-7H2,1-4H3/t14-/m0/s1. The number of fused-ring (bicyclic) bond motifs is 4. The van der Waals surface area contributed by atoms with Gasteiger partial charge in [0, 0.05) is 6.54 Å². The maximum absolute atomic E-state index is 13.4. The molecule has 0 unspecified atom stereocenters. The minimum atomic E-state index is -0.138. The zero-order chi connectivity index (χ0) is 20.0. The van der Waals surface area contributed by atoms with E-state index >= 15 is 0 Å². The normalized spacial score (nSPS) is 17.4. The van der Waals surface area contributed by atoms with Gasteiger partial charge in [-0.2, -0.15) is 0 Å². The lowest BCUT2D eigenvalue weighted by atomic mass is 9.83. The summed E-state index contributed by atoms with van der Waals surface area (Å²) in [5.74, 6) is 1.61. The molecule has 148 valence electrons. The molecule has 28 heavy (non-hydrogen) atoms. The van der Waals surface area contributed by atoms with Crippen LogP contribution in [0, 0.1) is 0 Å². The number of ether oxygens (including phenoxy) is 4. The van der Waals surface area contributed by atoms with Gasteiger partial charge < -0.3 is 29.0 Å². The van der Waals surface area contributed by atoms with Crippen LogP contribution >= 0.6 is 0 Å². The molecule has 1 atom stereocenters. The number of methoxy groups -OCH3 is 4. The van der Waals surface area contributed by atoms with Gasteiger partial charge >= 0.3 is 0 Å². The lowest BCUT2D eigenvalue weighted by molar-refractivity contribution is 0.0626. The first-order chi connectivity index (χ1) is 13.5. The fraction of sp³-hybridized carbons (Fsp3) is 0.381. The van der Waals surface area contributed by atoms with Gasteiger partial charge in [0.05, 0.1) is 40.0 Å². The summed E-state index contributed by atoms with van der Waals surface area (Å²) < 4.78 is 21.6. The monoisotopic (exact) mass is 385 g/mol. The van der Waals surface area contributed by atoms with Gasteiger partial charge in [0.2, 0.25) is 5.75 Å². The predicted molar refractivity (Wildman–Crippen MR) is 102 cm³/mol. The number of phenols is 1. The molecule has 2 aliphatic heterocycles. The Kier molecular flexibility index (Phi) is 4.45. The van der Waals surface area contributed by atoms with Gasteiger partial charge in [-0.3, -0.25) is 4.79 Å². The average molecular weight is 385 g/mol. The third-order valence-corrected chi connectivity index (χ3v) is 5.60. The number of aromatic hydroxyl groups is 1. The number of phenolic OH excluding ortho intramolecular Hbond substituents is 1. The van der Waals surface area contributed by atoms with Crippen LogP contribution in [-0.4, -0.2) is 50.9 Å². The number of rotatable bonds is 4. The highest BCUT2D eigenvalue weighted by molar-refractivity contribution is 6.01. The number of amides is 1.